The van der Waals surface area contributed by atoms with Gasteiger partial charge in [-0.05, 0) is 30.5 Å². The molecule has 0 aromatic heterocycles. The molecule has 2 aromatic rings. The van der Waals surface area contributed by atoms with Crippen molar-refractivity contribution in [3.63, 3.8) is 0 Å². The fraction of sp³-hybridized carbons (Fsp3) is 0.316. The summed E-state index contributed by atoms with van der Waals surface area (Å²) in [4.78, 5) is 15.0. The van der Waals surface area contributed by atoms with E-state index >= 15 is 0 Å². The van der Waals surface area contributed by atoms with Crippen LogP contribution in [0.5, 0.6) is 5.75 Å². The van der Waals surface area contributed by atoms with Gasteiger partial charge in [0.2, 0.25) is 5.91 Å². The number of fused-ring (bicyclic) bond motifs is 1. The van der Waals surface area contributed by atoms with Crippen LogP contribution in [-0.4, -0.2) is 20.1 Å². The maximum absolute atomic E-state index is 13.2. The fourth-order valence-electron chi connectivity index (χ4n) is 3.54. The number of methoxy groups -OCH3 is 1. The number of anilines is 1. The first-order chi connectivity index (χ1) is 10.6. The average Bonchev–Trinajstić information content (AvgIpc) is 2.58. The van der Waals surface area contributed by atoms with Crippen molar-refractivity contribution < 1.29 is 9.53 Å². The first-order valence-corrected chi connectivity index (χ1v) is 7.63. The topological polar surface area (TPSA) is 29.5 Å². The molecule has 3 heteroatoms. The Balaban J connectivity index is 2.20. The first kappa shape index (κ1) is 14.6. The Labute approximate surface area is 131 Å². The van der Waals surface area contributed by atoms with Gasteiger partial charge in [-0.2, -0.15) is 0 Å². The van der Waals surface area contributed by atoms with Crippen LogP contribution in [0.25, 0.3) is 0 Å². The second-order valence-electron chi connectivity index (χ2n) is 5.81. The number of carbonyl (C=O) groups is 1. The van der Waals surface area contributed by atoms with Gasteiger partial charge in [0.15, 0.2) is 0 Å². The quantitative estimate of drug-likeness (QED) is 0.866. The summed E-state index contributed by atoms with van der Waals surface area (Å²) in [7, 11) is 3.52. The highest BCUT2D eigenvalue weighted by molar-refractivity contribution is 6.04. The van der Waals surface area contributed by atoms with Gasteiger partial charge < -0.3 is 9.64 Å². The van der Waals surface area contributed by atoms with Gasteiger partial charge >= 0.3 is 0 Å². The molecule has 1 amide bonds. The minimum absolute atomic E-state index is 0.137. The molecule has 3 nitrogen and oxygen atoms in total. The van der Waals surface area contributed by atoms with Crippen molar-refractivity contribution in [2.75, 3.05) is 19.1 Å². The molecule has 0 saturated carbocycles. The minimum atomic E-state index is -0.560. The second-order valence-corrected chi connectivity index (χ2v) is 5.81. The lowest BCUT2D eigenvalue weighted by molar-refractivity contribution is -0.124. The van der Waals surface area contributed by atoms with E-state index in [2.05, 4.69) is 13.0 Å². The van der Waals surface area contributed by atoms with Crippen molar-refractivity contribution in [2.45, 2.75) is 25.2 Å². The standard InChI is InChI=1S/C19H21NO2/c1-4-19(15-10-6-8-12-17(15)22-3)13-14-9-5-7-11-16(14)20(2)18(19)21/h5-12H,4,13H2,1-3H3. The summed E-state index contributed by atoms with van der Waals surface area (Å²) in [5, 5.41) is 0. The molecule has 22 heavy (non-hydrogen) atoms. The maximum atomic E-state index is 13.2. The lowest BCUT2D eigenvalue weighted by atomic mass is 9.69. The van der Waals surface area contributed by atoms with Crippen LogP contribution in [0.4, 0.5) is 5.69 Å². The lowest BCUT2D eigenvalue weighted by Crippen LogP contribution is -2.50. The summed E-state index contributed by atoms with van der Waals surface area (Å²) >= 11 is 0. The van der Waals surface area contributed by atoms with Crippen LogP contribution >= 0.6 is 0 Å². The highest BCUT2D eigenvalue weighted by Crippen LogP contribution is 2.44. The van der Waals surface area contributed by atoms with Gasteiger partial charge in [0.1, 0.15) is 5.75 Å². The Kier molecular flexibility index (Phi) is 3.65. The summed E-state index contributed by atoms with van der Waals surface area (Å²) in [5.41, 5.74) is 2.63. The summed E-state index contributed by atoms with van der Waals surface area (Å²) in [6.45, 7) is 2.08. The molecular formula is C19H21NO2. The third-order valence-electron chi connectivity index (χ3n) is 4.79. The Morgan fingerprint density at radius 3 is 2.55 bits per heavy atom. The molecule has 1 aliphatic rings. The third-order valence-corrected chi connectivity index (χ3v) is 4.79. The van der Waals surface area contributed by atoms with Crippen molar-refractivity contribution >= 4 is 11.6 Å². The molecule has 114 valence electrons. The van der Waals surface area contributed by atoms with E-state index in [4.69, 9.17) is 4.74 Å². The van der Waals surface area contributed by atoms with Crippen LogP contribution < -0.4 is 9.64 Å². The number of benzene rings is 2. The summed E-state index contributed by atoms with van der Waals surface area (Å²) in [6.07, 6.45) is 1.45. The number of carbonyl (C=O) groups excluding carboxylic acids is 1. The largest absolute Gasteiger partial charge is 0.496 e. The van der Waals surface area contributed by atoms with Gasteiger partial charge in [0.05, 0.1) is 12.5 Å². The summed E-state index contributed by atoms with van der Waals surface area (Å²) < 4.78 is 5.53. The predicted molar refractivity (Wildman–Crippen MR) is 88.5 cm³/mol. The van der Waals surface area contributed by atoms with E-state index in [-0.39, 0.29) is 5.91 Å². The Morgan fingerprint density at radius 1 is 1.14 bits per heavy atom. The Hall–Kier alpha value is -2.29. The molecule has 3 rings (SSSR count). The minimum Gasteiger partial charge on any atom is -0.496 e. The Morgan fingerprint density at radius 2 is 1.82 bits per heavy atom. The van der Waals surface area contributed by atoms with E-state index in [1.54, 1.807) is 12.0 Å². The van der Waals surface area contributed by atoms with E-state index in [1.807, 2.05) is 49.5 Å². The van der Waals surface area contributed by atoms with Crippen molar-refractivity contribution in [1.82, 2.24) is 0 Å². The van der Waals surface area contributed by atoms with Crippen LogP contribution in [0.3, 0.4) is 0 Å². The predicted octanol–water partition coefficient (Wildman–Crippen LogP) is 3.56. The molecule has 2 aromatic carbocycles. The zero-order valence-electron chi connectivity index (χ0n) is 13.3. The van der Waals surface area contributed by atoms with Gasteiger partial charge in [-0.3, -0.25) is 4.79 Å². The van der Waals surface area contributed by atoms with E-state index in [1.165, 1.54) is 5.56 Å². The van der Waals surface area contributed by atoms with Crippen molar-refractivity contribution in [2.24, 2.45) is 0 Å². The highest BCUT2D eigenvalue weighted by Gasteiger charge is 2.46. The Bertz CT molecular complexity index is 710. The van der Waals surface area contributed by atoms with Crippen LogP contribution in [0.1, 0.15) is 24.5 Å². The lowest BCUT2D eigenvalue weighted by Gasteiger charge is -2.41. The summed E-state index contributed by atoms with van der Waals surface area (Å²) in [6, 6.07) is 16.0. The first-order valence-electron chi connectivity index (χ1n) is 7.63. The van der Waals surface area contributed by atoms with Crippen molar-refractivity contribution in [3.8, 4) is 5.75 Å². The van der Waals surface area contributed by atoms with E-state index in [0.717, 1.165) is 23.4 Å². The molecule has 1 heterocycles. The van der Waals surface area contributed by atoms with Crippen molar-refractivity contribution in [1.29, 1.82) is 0 Å². The van der Waals surface area contributed by atoms with Crippen molar-refractivity contribution in [3.05, 3.63) is 59.7 Å². The smallest absolute Gasteiger partial charge is 0.237 e. The molecule has 1 aliphatic heterocycles. The van der Waals surface area contributed by atoms with E-state index in [0.29, 0.717) is 6.42 Å². The highest BCUT2D eigenvalue weighted by atomic mass is 16.5. The van der Waals surface area contributed by atoms with Crippen LogP contribution in [0, 0.1) is 0 Å². The molecule has 0 spiro atoms. The molecule has 0 bridgehead atoms. The van der Waals surface area contributed by atoms with Gasteiger partial charge in [-0.15, -0.1) is 0 Å². The maximum Gasteiger partial charge on any atom is 0.237 e. The molecule has 0 aliphatic carbocycles. The second kappa shape index (κ2) is 5.48. The zero-order chi connectivity index (χ0) is 15.7. The number of hydrogen-bond acceptors (Lipinski definition) is 2. The molecule has 1 unspecified atom stereocenters. The van der Waals surface area contributed by atoms with Gasteiger partial charge in [0, 0.05) is 18.3 Å². The average molecular weight is 295 g/mol. The number of likely N-dealkylation sites (N-methyl/N-ethyl adjacent to an activating group) is 1. The zero-order valence-corrected chi connectivity index (χ0v) is 13.3. The number of nitrogens with zero attached hydrogens (tertiary/aromatic N) is 1. The number of amides is 1. The fourth-order valence-corrected chi connectivity index (χ4v) is 3.54. The van der Waals surface area contributed by atoms with Gasteiger partial charge in [-0.25, -0.2) is 0 Å². The molecule has 0 fully saturated rings. The van der Waals surface area contributed by atoms with E-state index in [9.17, 15) is 4.79 Å². The van der Waals surface area contributed by atoms with Crippen LogP contribution in [0.15, 0.2) is 48.5 Å². The molecule has 0 radical (unpaired) electrons. The number of hydrogen-bond donors (Lipinski definition) is 0. The third kappa shape index (κ3) is 2.00. The number of para-hydroxylation sites is 2. The molecule has 0 N–H and O–H groups in total. The van der Waals surface area contributed by atoms with Gasteiger partial charge in [0.25, 0.3) is 0 Å². The van der Waals surface area contributed by atoms with Crippen LogP contribution in [-0.2, 0) is 16.6 Å². The number of rotatable bonds is 3. The molecular weight excluding hydrogens is 274 g/mol. The molecule has 0 saturated heterocycles. The summed E-state index contributed by atoms with van der Waals surface area (Å²) in [5.74, 6) is 0.920. The monoisotopic (exact) mass is 295 g/mol. The van der Waals surface area contributed by atoms with E-state index < -0.39 is 5.41 Å². The SMILES string of the molecule is CCC1(c2ccccc2OC)Cc2ccccc2N(C)C1=O. The normalized spacial score (nSPS) is 20.7. The van der Waals surface area contributed by atoms with Crippen LogP contribution in [0.2, 0.25) is 0 Å². The van der Waals surface area contributed by atoms with Gasteiger partial charge in [-0.1, -0.05) is 43.3 Å². The number of ether oxygens (including phenoxy) is 1. The molecule has 1 atom stereocenters.